The summed E-state index contributed by atoms with van der Waals surface area (Å²) in [6.07, 6.45) is -13.9. The van der Waals surface area contributed by atoms with Gasteiger partial charge in [-0.3, -0.25) is 0 Å². The summed E-state index contributed by atoms with van der Waals surface area (Å²) in [4.78, 5) is 0. The molecular formula is C16H8F18O. The highest BCUT2D eigenvalue weighted by Gasteiger charge is 2.95. The SMILES string of the molecule is OC(CC(F)(F)C(F)(F)C(F)(F)C(F)(F)C(F)(F)C(F)(F)C(F)(F)C(F)(F)F)c1ccc(F)cc1. The van der Waals surface area contributed by atoms with Crippen molar-refractivity contribution in [1.29, 1.82) is 0 Å². The normalized spacial score (nSPS) is 16.4. The Labute approximate surface area is 181 Å². The summed E-state index contributed by atoms with van der Waals surface area (Å²) in [5, 5.41) is 9.40. The largest absolute Gasteiger partial charge is 0.460 e. The van der Waals surface area contributed by atoms with Gasteiger partial charge >= 0.3 is 47.6 Å². The molecule has 0 spiro atoms. The molecule has 1 N–H and O–H groups in total. The van der Waals surface area contributed by atoms with Gasteiger partial charge in [0.15, 0.2) is 0 Å². The van der Waals surface area contributed by atoms with E-state index >= 15 is 0 Å². The van der Waals surface area contributed by atoms with Gasteiger partial charge in [-0.25, -0.2) is 4.39 Å². The fourth-order valence-corrected chi connectivity index (χ4v) is 2.37. The lowest BCUT2D eigenvalue weighted by atomic mass is 9.87. The highest BCUT2D eigenvalue weighted by atomic mass is 19.4. The van der Waals surface area contributed by atoms with Gasteiger partial charge in [0.05, 0.1) is 6.10 Å². The summed E-state index contributed by atoms with van der Waals surface area (Å²) in [6.45, 7) is 0. The van der Waals surface area contributed by atoms with Crippen molar-refractivity contribution < 1.29 is 84.1 Å². The first-order valence-corrected chi connectivity index (χ1v) is 8.28. The molecule has 0 fully saturated rings. The Morgan fingerprint density at radius 1 is 0.514 bits per heavy atom. The summed E-state index contributed by atoms with van der Waals surface area (Å²) in [5.74, 6) is -58.3. The number of aliphatic hydroxyl groups excluding tert-OH is 1. The number of benzene rings is 1. The zero-order valence-corrected chi connectivity index (χ0v) is 15.8. The van der Waals surface area contributed by atoms with Crippen molar-refractivity contribution >= 4 is 0 Å². The van der Waals surface area contributed by atoms with Crippen LogP contribution in [-0.4, -0.2) is 52.7 Å². The summed E-state index contributed by atoms with van der Waals surface area (Å²) in [7, 11) is 0. The molecule has 0 aliphatic heterocycles. The molecule has 19 heteroatoms. The molecule has 0 bridgehead atoms. The third-order valence-electron chi connectivity index (χ3n) is 4.49. The van der Waals surface area contributed by atoms with Gasteiger partial charge < -0.3 is 5.11 Å². The van der Waals surface area contributed by atoms with Crippen LogP contribution in [0.3, 0.4) is 0 Å². The van der Waals surface area contributed by atoms with E-state index in [4.69, 9.17) is 0 Å². The number of hydrogen-bond acceptors (Lipinski definition) is 1. The molecule has 35 heavy (non-hydrogen) atoms. The standard InChI is InChI=1S/C16H8F18O/c17-7-3-1-6(2-4-7)8(35)5-9(18,19)10(20,21)11(22,23)12(24,25)13(26,27)14(28,29)15(30,31)16(32,33)34/h1-4,8,35H,5H2. The molecule has 0 saturated carbocycles. The molecule has 0 aliphatic rings. The molecule has 1 aromatic carbocycles. The Hall–Kier alpha value is -2.08. The summed E-state index contributed by atoms with van der Waals surface area (Å²) in [6, 6.07) is 1.55. The van der Waals surface area contributed by atoms with Gasteiger partial charge in [0.1, 0.15) is 5.82 Å². The molecule has 0 saturated heterocycles. The second kappa shape index (κ2) is 8.50. The molecule has 1 atom stereocenters. The van der Waals surface area contributed by atoms with Gasteiger partial charge in [-0.1, -0.05) is 12.1 Å². The van der Waals surface area contributed by atoms with E-state index in [1.807, 2.05) is 0 Å². The third kappa shape index (κ3) is 4.47. The van der Waals surface area contributed by atoms with Crippen LogP contribution < -0.4 is 0 Å². The Kier molecular flexibility index (Phi) is 7.52. The molecule has 0 heterocycles. The van der Waals surface area contributed by atoms with Crippen molar-refractivity contribution in [1.82, 2.24) is 0 Å². The van der Waals surface area contributed by atoms with E-state index in [0.29, 0.717) is 24.3 Å². The lowest BCUT2D eigenvalue weighted by Crippen LogP contribution is -2.74. The van der Waals surface area contributed by atoms with Crippen molar-refractivity contribution in [3.05, 3.63) is 35.6 Å². The van der Waals surface area contributed by atoms with Crippen molar-refractivity contribution in [2.75, 3.05) is 0 Å². The van der Waals surface area contributed by atoms with Crippen molar-refractivity contribution in [3.63, 3.8) is 0 Å². The highest BCUT2D eigenvalue weighted by Crippen LogP contribution is 2.64. The summed E-state index contributed by atoms with van der Waals surface area (Å²) >= 11 is 0. The molecule has 1 unspecified atom stereocenters. The molecule has 1 nitrogen and oxygen atoms in total. The van der Waals surface area contributed by atoms with Crippen LogP contribution in [0.1, 0.15) is 18.1 Å². The van der Waals surface area contributed by atoms with E-state index in [1.165, 1.54) is 0 Å². The van der Waals surface area contributed by atoms with Crippen LogP contribution in [0, 0.1) is 5.82 Å². The van der Waals surface area contributed by atoms with Crippen molar-refractivity contribution in [3.8, 4) is 0 Å². The van der Waals surface area contributed by atoms with E-state index in [1.54, 1.807) is 0 Å². The average Bonchev–Trinajstić information content (AvgIpc) is 2.66. The summed E-state index contributed by atoms with van der Waals surface area (Å²) in [5.41, 5.74) is -0.960. The van der Waals surface area contributed by atoms with Crippen LogP contribution in [0.2, 0.25) is 0 Å². The zero-order valence-electron chi connectivity index (χ0n) is 15.8. The molecule has 0 amide bonds. The van der Waals surface area contributed by atoms with E-state index in [2.05, 4.69) is 0 Å². The first kappa shape index (κ1) is 31.0. The van der Waals surface area contributed by atoms with Crippen LogP contribution in [-0.2, 0) is 0 Å². The van der Waals surface area contributed by atoms with Crippen LogP contribution in [0.25, 0.3) is 0 Å². The highest BCUT2D eigenvalue weighted by molar-refractivity contribution is 5.20. The number of hydrogen-bond donors (Lipinski definition) is 1. The Morgan fingerprint density at radius 3 is 1.17 bits per heavy atom. The number of halogens is 18. The second-order valence-corrected chi connectivity index (χ2v) is 6.92. The Balaban J connectivity index is 3.52. The predicted octanol–water partition coefficient (Wildman–Crippen LogP) is 7.26. The van der Waals surface area contributed by atoms with Gasteiger partial charge in [0.2, 0.25) is 0 Å². The Morgan fingerprint density at radius 2 is 0.829 bits per heavy atom. The van der Waals surface area contributed by atoms with Gasteiger partial charge in [-0.15, -0.1) is 0 Å². The zero-order chi connectivity index (χ0) is 28.3. The van der Waals surface area contributed by atoms with Crippen molar-refractivity contribution in [2.45, 2.75) is 60.2 Å². The maximum absolute atomic E-state index is 13.8. The Bertz CT molecular complexity index is 885. The first-order chi connectivity index (χ1) is 15.1. The van der Waals surface area contributed by atoms with Crippen molar-refractivity contribution in [2.24, 2.45) is 0 Å². The summed E-state index contributed by atoms with van der Waals surface area (Å²) < 4.78 is 236. The molecule has 0 radical (unpaired) electrons. The molecular weight excluding hydrogens is 550 g/mol. The van der Waals surface area contributed by atoms with E-state index in [0.717, 1.165) is 0 Å². The second-order valence-electron chi connectivity index (χ2n) is 6.92. The third-order valence-corrected chi connectivity index (χ3v) is 4.49. The number of alkyl halides is 17. The smallest absolute Gasteiger partial charge is 0.388 e. The molecule has 204 valence electrons. The molecule has 1 rings (SSSR count). The molecule has 0 aliphatic carbocycles. The van der Waals surface area contributed by atoms with Crippen LogP contribution in [0.5, 0.6) is 0 Å². The number of rotatable bonds is 9. The average molecular weight is 558 g/mol. The maximum Gasteiger partial charge on any atom is 0.460 e. The minimum absolute atomic E-state index is 0.384. The van der Waals surface area contributed by atoms with Gasteiger partial charge in [0.25, 0.3) is 0 Å². The van der Waals surface area contributed by atoms with Gasteiger partial charge in [-0.05, 0) is 17.7 Å². The number of aliphatic hydroxyl groups is 1. The van der Waals surface area contributed by atoms with E-state index < -0.39 is 71.5 Å². The van der Waals surface area contributed by atoms with Gasteiger partial charge in [-0.2, -0.15) is 74.6 Å². The van der Waals surface area contributed by atoms with Gasteiger partial charge in [0, 0.05) is 6.42 Å². The van der Waals surface area contributed by atoms with E-state index in [-0.39, 0.29) is 0 Å². The minimum atomic E-state index is -8.71. The van der Waals surface area contributed by atoms with Crippen LogP contribution >= 0.6 is 0 Å². The monoisotopic (exact) mass is 558 g/mol. The van der Waals surface area contributed by atoms with Crippen LogP contribution in [0.4, 0.5) is 79.0 Å². The first-order valence-electron chi connectivity index (χ1n) is 8.28. The molecule has 0 aromatic heterocycles. The fourth-order valence-electron chi connectivity index (χ4n) is 2.37. The lowest BCUT2D eigenvalue weighted by Gasteiger charge is -2.43. The lowest BCUT2D eigenvalue weighted by molar-refractivity contribution is -0.462. The fraction of sp³-hybridized carbons (Fsp3) is 0.625. The topological polar surface area (TPSA) is 20.2 Å². The predicted molar refractivity (Wildman–Crippen MR) is 76.7 cm³/mol. The minimum Gasteiger partial charge on any atom is -0.388 e. The maximum atomic E-state index is 13.8. The van der Waals surface area contributed by atoms with E-state index in [9.17, 15) is 84.1 Å². The van der Waals surface area contributed by atoms with Crippen LogP contribution in [0.15, 0.2) is 24.3 Å². The molecule has 1 aromatic rings. The quantitative estimate of drug-likeness (QED) is 0.317.